The summed E-state index contributed by atoms with van der Waals surface area (Å²) < 4.78 is 7.35. The van der Waals surface area contributed by atoms with Crippen molar-refractivity contribution in [3.8, 4) is 11.3 Å². The van der Waals surface area contributed by atoms with Crippen LogP contribution in [0.2, 0.25) is 0 Å². The molecule has 4 heterocycles. The van der Waals surface area contributed by atoms with Crippen LogP contribution in [0.1, 0.15) is 29.8 Å². The molecule has 1 aliphatic rings. The van der Waals surface area contributed by atoms with Crippen molar-refractivity contribution in [1.29, 1.82) is 0 Å². The maximum Gasteiger partial charge on any atom is 0.273 e. The van der Waals surface area contributed by atoms with Gasteiger partial charge in [-0.05, 0) is 42.5 Å². The summed E-state index contributed by atoms with van der Waals surface area (Å²) in [4.78, 5) is 39.0. The SMILES string of the molecule is O=C(Cn1c(-c2ccccc2)cnc(CCC2(c3ccccc3)CCOC2)c1=O)NCc1cc2cnccc2[nH]1. The summed E-state index contributed by atoms with van der Waals surface area (Å²) in [6, 6.07) is 23.8. The highest BCUT2D eigenvalue weighted by Gasteiger charge is 2.36. The summed E-state index contributed by atoms with van der Waals surface area (Å²) in [6.45, 7) is 1.54. The van der Waals surface area contributed by atoms with Crippen LogP contribution in [-0.2, 0) is 34.5 Å². The third-order valence-electron chi connectivity index (χ3n) is 7.78. The summed E-state index contributed by atoms with van der Waals surface area (Å²) in [6.07, 6.45) is 7.36. The molecule has 1 unspecified atom stereocenters. The van der Waals surface area contributed by atoms with E-state index in [0.29, 0.717) is 37.6 Å². The van der Waals surface area contributed by atoms with Gasteiger partial charge in [0, 0.05) is 41.0 Å². The van der Waals surface area contributed by atoms with Crippen molar-refractivity contribution >= 4 is 16.8 Å². The number of pyridine rings is 1. The van der Waals surface area contributed by atoms with Gasteiger partial charge in [-0.2, -0.15) is 0 Å². The number of hydrogen-bond donors (Lipinski definition) is 2. The van der Waals surface area contributed by atoms with Crippen LogP contribution >= 0.6 is 0 Å². The zero-order chi connectivity index (χ0) is 27.4. The van der Waals surface area contributed by atoms with E-state index in [0.717, 1.165) is 35.0 Å². The number of fused-ring (bicyclic) bond motifs is 1. The molecule has 1 saturated heterocycles. The first-order valence-electron chi connectivity index (χ1n) is 13.6. The first-order valence-corrected chi connectivity index (χ1v) is 13.6. The minimum atomic E-state index is -0.252. The number of aromatic nitrogens is 4. The van der Waals surface area contributed by atoms with Crippen LogP contribution < -0.4 is 10.9 Å². The zero-order valence-corrected chi connectivity index (χ0v) is 22.2. The number of benzene rings is 2. The Kier molecular flexibility index (Phi) is 7.25. The summed E-state index contributed by atoms with van der Waals surface area (Å²) in [7, 11) is 0. The third kappa shape index (κ3) is 5.31. The molecule has 1 atom stereocenters. The summed E-state index contributed by atoms with van der Waals surface area (Å²) in [5, 5.41) is 3.93. The number of aryl methyl sites for hydroxylation is 1. The molecule has 8 heteroatoms. The highest BCUT2D eigenvalue weighted by atomic mass is 16.5. The number of amides is 1. The molecule has 1 fully saturated rings. The van der Waals surface area contributed by atoms with E-state index in [9.17, 15) is 9.59 Å². The molecule has 0 saturated carbocycles. The molecule has 40 heavy (non-hydrogen) atoms. The van der Waals surface area contributed by atoms with Crippen LogP contribution in [0.25, 0.3) is 22.2 Å². The van der Waals surface area contributed by atoms with Crippen LogP contribution in [0.4, 0.5) is 0 Å². The van der Waals surface area contributed by atoms with E-state index in [2.05, 4.69) is 32.4 Å². The fraction of sp³-hybridized carbons (Fsp3) is 0.250. The van der Waals surface area contributed by atoms with Crippen LogP contribution in [0.15, 0.2) is 96.2 Å². The molecule has 6 rings (SSSR count). The Morgan fingerprint density at radius 2 is 1.85 bits per heavy atom. The van der Waals surface area contributed by atoms with Gasteiger partial charge in [-0.3, -0.25) is 24.1 Å². The van der Waals surface area contributed by atoms with Crippen molar-refractivity contribution < 1.29 is 9.53 Å². The predicted octanol–water partition coefficient (Wildman–Crippen LogP) is 4.39. The van der Waals surface area contributed by atoms with Gasteiger partial charge in [0.2, 0.25) is 5.91 Å². The fourth-order valence-corrected chi connectivity index (χ4v) is 5.54. The number of aromatic amines is 1. The topological polar surface area (TPSA) is 102 Å². The molecule has 3 aromatic heterocycles. The van der Waals surface area contributed by atoms with Crippen molar-refractivity contribution in [2.45, 2.75) is 37.8 Å². The van der Waals surface area contributed by atoms with Crippen molar-refractivity contribution in [3.63, 3.8) is 0 Å². The molecule has 1 amide bonds. The number of hydrogen-bond acceptors (Lipinski definition) is 5. The lowest BCUT2D eigenvalue weighted by Crippen LogP contribution is -2.35. The maximum atomic E-state index is 13.8. The second-order valence-corrected chi connectivity index (χ2v) is 10.3. The largest absolute Gasteiger partial charge is 0.380 e. The van der Waals surface area contributed by atoms with Crippen molar-refractivity contribution in [2.24, 2.45) is 0 Å². The first kappa shape index (κ1) is 25.7. The molecule has 2 aromatic carbocycles. The van der Waals surface area contributed by atoms with Gasteiger partial charge in [-0.1, -0.05) is 60.7 Å². The molecule has 0 aliphatic carbocycles. The molecule has 5 aromatic rings. The van der Waals surface area contributed by atoms with E-state index in [1.807, 2.05) is 60.7 Å². The van der Waals surface area contributed by atoms with Gasteiger partial charge >= 0.3 is 0 Å². The Balaban J connectivity index is 1.24. The first-order chi connectivity index (χ1) is 19.6. The summed E-state index contributed by atoms with van der Waals surface area (Å²) in [5.74, 6) is -0.252. The predicted molar refractivity (Wildman–Crippen MR) is 154 cm³/mol. The lowest BCUT2D eigenvalue weighted by atomic mass is 9.76. The smallest absolute Gasteiger partial charge is 0.273 e. The van der Waals surface area contributed by atoms with E-state index >= 15 is 0 Å². The van der Waals surface area contributed by atoms with E-state index in [-0.39, 0.29) is 23.4 Å². The average molecular weight is 534 g/mol. The lowest BCUT2D eigenvalue weighted by molar-refractivity contribution is -0.121. The molecular formula is C32H31N5O3. The molecular weight excluding hydrogens is 502 g/mol. The number of nitrogens with one attached hydrogen (secondary N) is 2. The van der Waals surface area contributed by atoms with Gasteiger partial charge < -0.3 is 15.0 Å². The second kappa shape index (κ2) is 11.3. The molecule has 8 nitrogen and oxygen atoms in total. The summed E-state index contributed by atoms with van der Waals surface area (Å²) >= 11 is 0. The minimum Gasteiger partial charge on any atom is -0.380 e. The number of carbonyl (C=O) groups excluding carboxylic acids is 1. The highest BCUT2D eigenvalue weighted by molar-refractivity contribution is 5.80. The molecule has 1 aliphatic heterocycles. The van der Waals surface area contributed by atoms with E-state index in [4.69, 9.17) is 4.74 Å². The Morgan fingerprint density at radius 1 is 1.05 bits per heavy atom. The Labute approximate surface area is 232 Å². The minimum absolute atomic E-state index is 0.104. The van der Waals surface area contributed by atoms with Gasteiger partial charge in [0.05, 0.1) is 25.0 Å². The van der Waals surface area contributed by atoms with E-state index in [1.165, 1.54) is 5.56 Å². The van der Waals surface area contributed by atoms with E-state index < -0.39 is 0 Å². The van der Waals surface area contributed by atoms with Gasteiger partial charge in [0.25, 0.3) is 5.56 Å². The molecule has 2 N–H and O–H groups in total. The second-order valence-electron chi connectivity index (χ2n) is 10.3. The van der Waals surface area contributed by atoms with Crippen LogP contribution in [0.3, 0.4) is 0 Å². The Hall–Kier alpha value is -4.56. The molecule has 202 valence electrons. The Morgan fingerprint density at radius 3 is 2.60 bits per heavy atom. The van der Waals surface area contributed by atoms with Crippen LogP contribution in [0.5, 0.6) is 0 Å². The van der Waals surface area contributed by atoms with Crippen molar-refractivity contribution in [2.75, 3.05) is 13.2 Å². The maximum absolute atomic E-state index is 13.8. The quantitative estimate of drug-likeness (QED) is 0.293. The summed E-state index contributed by atoms with van der Waals surface area (Å²) in [5.41, 5.74) is 4.57. The van der Waals surface area contributed by atoms with Crippen LogP contribution in [0, 0.1) is 0 Å². The monoisotopic (exact) mass is 533 g/mol. The van der Waals surface area contributed by atoms with Crippen molar-refractivity contribution in [1.82, 2.24) is 24.8 Å². The van der Waals surface area contributed by atoms with Crippen LogP contribution in [-0.4, -0.2) is 38.6 Å². The van der Waals surface area contributed by atoms with Crippen molar-refractivity contribution in [3.05, 3.63) is 119 Å². The number of carbonyl (C=O) groups is 1. The number of ether oxygens (including phenoxy) is 1. The number of H-pyrrole nitrogens is 1. The fourth-order valence-electron chi connectivity index (χ4n) is 5.54. The molecule has 0 radical (unpaired) electrons. The van der Waals surface area contributed by atoms with Gasteiger partial charge in [-0.15, -0.1) is 0 Å². The van der Waals surface area contributed by atoms with Gasteiger partial charge in [0.15, 0.2) is 0 Å². The lowest BCUT2D eigenvalue weighted by Gasteiger charge is -2.28. The average Bonchev–Trinajstić information content (AvgIpc) is 3.65. The van der Waals surface area contributed by atoms with Gasteiger partial charge in [-0.25, -0.2) is 0 Å². The molecule has 0 bridgehead atoms. The Bertz CT molecular complexity index is 1640. The van der Waals surface area contributed by atoms with E-state index in [1.54, 1.807) is 23.2 Å². The third-order valence-corrected chi connectivity index (χ3v) is 7.78. The standard InChI is InChI=1S/C32H31N5O3/c38-30(35-19-26-17-24-18-33-15-12-27(24)36-26)21-37-29(23-7-3-1-4-8-23)20-34-28(31(37)39)11-13-32(14-16-40-22-32)25-9-5-2-6-10-25/h1-10,12,15,17-18,20,36H,11,13-14,16,19,21-22H2,(H,35,38). The number of rotatable bonds is 9. The van der Waals surface area contributed by atoms with Gasteiger partial charge in [0.1, 0.15) is 12.2 Å². The highest BCUT2D eigenvalue weighted by Crippen LogP contribution is 2.37. The zero-order valence-electron chi connectivity index (χ0n) is 22.2. The molecule has 0 spiro atoms. The normalized spacial score (nSPS) is 16.8. The number of nitrogens with zero attached hydrogens (tertiary/aromatic N) is 3.